The summed E-state index contributed by atoms with van der Waals surface area (Å²) in [4.78, 5) is 0. The molecule has 4 nitrogen and oxygen atoms in total. The van der Waals surface area contributed by atoms with Gasteiger partial charge < -0.3 is 10.8 Å². The van der Waals surface area contributed by atoms with Gasteiger partial charge in [-0.05, 0) is 31.5 Å². The number of aromatic nitrogens is 2. The molecule has 0 saturated heterocycles. The first-order chi connectivity index (χ1) is 7.50. The number of rotatable bonds is 2. The van der Waals surface area contributed by atoms with E-state index in [0.717, 1.165) is 10.6 Å². The van der Waals surface area contributed by atoms with Crippen molar-refractivity contribution in [1.82, 2.24) is 10.2 Å². The standard InChI is InChI=1S/C11H13N3OS/c1-11(2,9-13-14-10(12)16-9)7-4-3-5-8(15)6-7/h3-6,15H,1-2H3,(H2,12,14). The molecule has 0 aliphatic rings. The van der Waals surface area contributed by atoms with Gasteiger partial charge in [0.15, 0.2) is 0 Å². The molecule has 84 valence electrons. The fraction of sp³-hybridized carbons (Fsp3) is 0.273. The van der Waals surface area contributed by atoms with Crippen LogP contribution in [0.1, 0.15) is 24.4 Å². The number of anilines is 1. The molecule has 0 spiro atoms. The maximum absolute atomic E-state index is 9.47. The first-order valence-corrected chi connectivity index (χ1v) is 5.71. The van der Waals surface area contributed by atoms with Crippen molar-refractivity contribution in [2.75, 3.05) is 5.73 Å². The highest BCUT2D eigenvalue weighted by Gasteiger charge is 2.27. The highest BCUT2D eigenvalue weighted by molar-refractivity contribution is 7.15. The zero-order valence-corrected chi connectivity index (χ0v) is 9.95. The molecular formula is C11H13N3OS. The van der Waals surface area contributed by atoms with Crippen molar-refractivity contribution >= 4 is 16.5 Å². The van der Waals surface area contributed by atoms with Crippen molar-refractivity contribution in [1.29, 1.82) is 0 Å². The number of hydrogen-bond donors (Lipinski definition) is 2. The van der Waals surface area contributed by atoms with Crippen molar-refractivity contribution in [3.8, 4) is 5.75 Å². The van der Waals surface area contributed by atoms with E-state index in [9.17, 15) is 5.11 Å². The minimum Gasteiger partial charge on any atom is -0.508 e. The molecule has 3 N–H and O–H groups in total. The molecule has 1 heterocycles. The normalized spacial score (nSPS) is 11.6. The fourth-order valence-electron chi connectivity index (χ4n) is 1.51. The summed E-state index contributed by atoms with van der Waals surface area (Å²) >= 11 is 1.37. The average Bonchev–Trinajstić information content (AvgIpc) is 2.65. The number of phenols is 1. The number of nitrogen functional groups attached to an aromatic ring is 1. The van der Waals surface area contributed by atoms with E-state index in [1.165, 1.54) is 11.3 Å². The fourth-order valence-corrected chi connectivity index (χ4v) is 2.24. The van der Waals surface area contributed by atoms with Crippen LogP contribution in [-0.2, 0) is 5.41 Å². The molecule has 0 radical (unpaired) electrons. The third kappa shape index (κ3) is 1.86. The Morgan fingerprint density at radius 2 is 2.06 bits per heavy atom. The van der Waals surface area contributed by atoms with Crippen molar-refractivity contribution in [3.63, 3.8) is 0 Å². The maximum Gasteiger partial charge on any atom is 0.203 e. The molecule has 5 heteroatoms. The predicted molar refractivity (Wildman–Crippen MR) is 64.6 cm³/mol. The van der Waals surface area contributed by atoms with E-state index in [1.54, 1.807) is 12.1 Å². The van der Waals surface area contributed by atoms with Gasteiger partial charge in [0, 0.05) is 5.41 Å². The molecule has 0 bridgehead atoms. The molecule has 16 heavy (non-hydrogen) atoms. The summed E-state index contributed by atoms with van der Waals surface area (Å²) in [6.45, 7) is 4.06. The zero-order chi connectivity index (χ0) is 11.8. The molecular weight excluding hydrogens is 222 g/mol. The molecule has 2 aromatic rings. The first kappa shape index (κ1) is 10.9. The van der Waals surface area contributed by atoms with Crippen LogP contribution in [0.3, 0.4) is 0 Å². The predicted octanol–water partition coefficient (Wildman–Crippen LogP) is 2.15. The summed E-state index contributed by atoms with van der Waals surface area (Å²) in [5, 5.41) is 18.6. The van der Waals surface area contributed by atoms with Crippen molar-refractivity contribution in [2.45, 2.75) is 19.3 Å². The zero-order valence-electron chi connectivity index (χ0n) is 9.14. The summed E-state index contributed by atoms with van der Waals surface area (Å²) in [5.74, 6) is 0.253. The number of aromatic hydroxyl groups is 1. The molecule has 0 unspecified atom stereocenters. The van der Waals surface area contributed by atoms with E-state index < -0.39 is 0 Å². The van der Waals surface area contributed by atoms with E-state index >= 15 is 0 Å². The van der Waals surface area contributed by atoms with Crippen LogP contribution in [0.2, 0.25) is 0 Å². The highest BCUT2D eigenvalue weighted by Crippen LogP contribution is 2.34. The Labute approximate surface area is 97.8 Å². The van der Waals surface area contributed by atoms with Gasteiger partial charge in [-0.15, -0.1) is 10.2 Å². The number of nitrogens with two attached hydrogens (primary N) is 1. The van der Waals surface area contributed by atoms with Crippen molar-refractivity contribution in [2.24, 2.45) is 0 Å². The lowest BCUT2D eigenvalue weighted by Gasteiger charge is -2.21. The minimum atomic E-state index is -0.298. The summed E-state index contributed by atoms with van der Waals surface area (Å²) in [7, 11) is 0. The molecule has 1 aromatic heterocycles. The summed E-state index contributed by atoms with van der Waals surface area (Å²) in [6.07, 6.45) is 0. The van der Waals surface area contributed by atoms with Gasteiger partial charge in [-0.3, -0.25) is 0 Å². The Hall–Kier alpha value is -1.62. The van der Waals surface area contributed by atoms with E-state index in [1.807, 2.05) is 26.0 Å². The second-order valence-corrected chi connectivity index (χ2v) is 5.13. The van der Waals surface area contributed by atoms with Gasteiger partial charge in [-0.25, -0.2) is 0 Å². The highest BCUT2D eigenvalue weighted by atomic mass is 32.1. The Balaban J connectivity index is 2.46. The van der Waals surface area contributed by atoms with Gasteiger partial charge in [0.2, 0.25) is 5.13 Å². The second-order valence-electron chi connectivity index (χ2n) is 4.12. The summed E-state index contributed by atoms with van der Waals surface area (Å²) in [6, 6.07) is 7.15. The smallest absolute Gasteiger partial charge is 0.203 e. The van der Waals surface area contributed by atoms with Gasteiger partial charge in [-0.1, -0.05) is 23.5 Å². The van der Waals surface area contributed by atoms with Gasteiger partial charge in [0.1, 0.15) is 10.8 Å². The van der Waals surface area contributed by atoms with Crippen LogP contribution in [0.5, 0.6) is 5.75 Å². The number of benzene rings is 1. The first-order valence-electron chi connectivity index (χ1n) is 4.89. The SMILES string of the molecule is CC(C)(c1cccc(O)c1)c1nnc(N)s1. The number of phenolic OH excluding ortho intramolecular Hbond substituents is 1. The molecule has 0 amide bonds. The van der Waals surface area contributed by atoms with Crippen LogP contribution in [0.25, 0.3) is 0 Å². The van der Waals surface area contributed by atoms with Crippen LogP contribution < -0.4 is 5.73 Å². The molecule has 1 aromatic carbocycles. The lowest BCUT2D eigenvalue weighted by Crippen LogP contribution is -2.18. The molecule has 0 atom stereocenters. The van der Waals surface area contributed by atoms with Crippen LogP contribution in [-0.4, -0.2) is 15.3 Å². The third-order valence-electron chi connectivity index (χ3n) is 2.54. The molecule has 0 aliphatic heterocycles. The largest absolute Gasteiger partial charge is 0.508 e. The number of nitrogens with zero attached hydrogens (tertiary/aromatic N) is 2. The van der Waals surface area contributed by atoms with E-state index in [0.29, 0.717) is 5.13 Å². The lowest BCUT2D eigenvalue weighted by molar-refractivity contribution is 0.472. The van der Waals surface area contributed by atoms with Crippen LogP contribution in [0.15, 0.2) is 24.3 Å². The Morgan fingerprint density at radius 1 is 1.31 bits per heavy atom. The number of hydrogen-bond acceptors (Lipinski definition) is 5. The quantitative estimate of drug-likeness (QED) is 0.836. The van der Waals surface area contributed by atoms with Crippen LogP contribution in [0.4, 0.5) is 5.13 Å². The van der Waals surface area contributed by atoms with E-state index in [2.05, 4.69) is 10.2 Å². The third-order valence-corrected chi connectivity index (χ3v) is 3.62. The van der Waals surface area contributed by atoms with Gasteiger partial charge in [-0.2, -0.15) is 0 Å². The average molecular weight is 235 g/mol. The lowest BCUT2D eigenvalue weighted by atomic mass is 9.85. The van der Waals surface area contributed by atoms with Gasteiger partial charge >= 0.3 is 0 Å². The van der Waals surface area contributed by atoms with Crippen LogP contribution in [0, 0.1) is 0 Å². The maximum atomic E-state index is 9.47. The van der Waals surface area contributed by atoms with E-state index in [-0.39, 0.29) is 11.2 Å². The Bertz CT molecular complexity index is 507. The van der Waals surface area contributed by atoms with E-state index in [4.69, 9.17) is 5.73 Å². The molecule has 0 fully saturated rings. The van der Waals surface area contributed by atoms with Crippen molar-refractivity contribution < 1.29 is 5.11 Å². The summed E-state index contributed by atoms with van der Waals surface area (Å²) in [5.41, 5.74) is 6.27. The second kappa shape index (κ2) is 3.75. The van der Waals surface area contributed by atoms with Gasteiger partial charge in [0.25, 0.3) is 0 Å². The summed E-state index contributed by atoms with van der Waals surface area (Å²) < 4.78 is 0. The Kier molecular flexibility index (Phi) is 2.55. The molecule has 2 rings (SSSR count). The molecule has 0 aliphatic carbocycles. The molecule has 0 saturated carbocycles. The monoisotopic (exact) mass is 235 g/mol. The van der Waals surface area contributed by atoms with Gasteiger partial charge in [0.05, 0.1) is 0 Å². The Morgan fingerprint density at radius 3 is 2.62 bits per heavy atom. The van der Waals surface area contributed by atoms with Crippen LogP contribution >= 0.6 is 11.3 Å². The van der Waals surface area contributed by atoms with Crippen molar-refractivity contribution in [3.05, 3.63) is 34.8 Å². The topological polar surface area (TPSA) is 72.0 Å². The minimum absolute atomic E-state index is 0.253.